The number of amides is 1. The van der Waals surface area contributed by atoms with Gasteiger partial charge in [-0.05, 0) is 49.6 Å². The number of para-hydroxylation sites is 1. The van der Waals surface area contributed by atoms with Crippen LogP contribution in [0.4, 0.5) is 5.13 Å². The number of sulfonamides is 1. The lowest BCUT2D eigenvalue weighted by Crippen LogP contribution is -2.35. The van der Waals surface area contributed by atoms with Crippen molar-refractivity contribution in [1.82, 2.24) is 9.29 Å². The number of aryl methyl sites for hydroxylation is 1. The Kier molecular flexibility index (Phi) is 5.18. The Hall–Kier alpha value is -2.29. The third-order valence-corrected chi connectivity index (χ3v) is 7.77. The van der Waals surface area contributed by atoms with Crippen LogP contribution in [0.1, 0.15) is 35.2 Å². The summed E-state index contributed by atoms with van der Waals surface area (Å²) < 4.78 is 28.4. The van der Waals surface area contributed by atoms with Crippen LogP contribution in [0.5, 0.6) is 0 Å². The summed E-state index contributed by atoms with van der Waals surface area (Å²) in [6.45, 7) is 2.86. The van der Waals surface area contributed by atoms with Crippen LogP contribution in [-0.4, -0.2) is 36.7 Å². The average molecular weight is 416 g/mol. The molecular weight excluding hydrogens is 394 g/mol. The van der Waals surface area contributed by atoms with Crippen molar-refractivity contribution in [2.24, 2.45) is 0 Å². The Morgan fingerprint density at radius 2 is 1.86 bits per heavy atom. The number of anilines is 1. The Balaban J connectivity index is 1.62. The number of benzene rings is 2. The maximum atomic E-state index is 12.9. The topological polar surface area (TPSA) is 79.4 Å². The molecule has 0 atom stereocenters. The maximum Gasteiger partial charge on any atom is 0.257 e. The first-order valence-corrected chi connectivity index (χ1v) is 11.5. The van der Waals surface area contributed by atoms with E-state index < -0.39 is 10.0 Å². The van der Waals surface area contributed by atoms with Crippen LogP contribution >= 0.6 is 11.3 Å². The normalized spacial score (nSPS) is 15.6. The van der Waals surface area contributed by atoms with E-state index in [1.165, 1.54) is 21.7 Å². The number of fused-ring (bicyclic) bond motifs is 1. The molecule has 3 aromatic rings. The SMILES string of the molecule is Cc1ccc(S(=O)(=O)N2CCCCC2)cc1C(=O)Nc1nc2ccccc2s1. The van der Waals surface area contributed by atoms with Crippen LogP contribution < -0.4 is 5.32 Å². The Morgan fingerprint density at radius 1 is 1.11 bits per heavy atom. The van der Waals surface area contributed by atoms with Gasteiger partial charge in [0.05, 0.1) is 15.1 Å². The molecule has 1 saturated heterocycles. The molecule has 4 rings (SSSR count). The summed E-state index contributed by atoms with van der Waals surface area (Å²) in [5.41, 5.74) is 1.88. The van der Waals surface area contributed by atoms with Crippen LogP contribution in [-0.2, 0) is 10.0 Å². The fourth-order valence-electron chi connectivity index (χ4n) is 3.35. The van der Waals surface area contributed by atoms with Gasteiger partial charge in [-0.2, -0.15) is 4.31 Å². The second kappa shape index (κ2) is 7.62. The summed E-state index contributed by atoms with van der Waals surface area (Å²) in [7, 11) is -3.59. The summed E-state index contributed by atoms with van der Waals surface area (Å²) in [5.74, 6) is -0.354. The molecule has 6 nitrogen and oxygen atoms in total. The molecule has 2 aromatic carbocycles. The van der Waals surface area contributed by atoms with E-state index in [2.05, 4.69) is 10.3 Å². The minimum Gasteiger partial charge on any atom is -0.298 e. The first kappa shape index (κ1) is 19.0. The van der Waals surface area contributed by atoms with E-state index >= 15 is 0 Å². The summed E-state index contributed by atoms with van der Waals surface area (Å²) in [6, 6.07) is 12.4. The number of rotatable bonds is 4. The predicted octanol–water partition coefficient (Wildman–Crippen LogP) is 4.03. The highest BCUT2D eigenvalue weighted by Crippen LogP contribution is 2.27. The van der Waals surface area contributed by atoms with Crippen molar-refractivity contribution < 1.29 is 13.2 Å². The third-order valence-electron chi connectivity index (χ3n) is 4.92. The number of thiazole rings is 1. The number of hydrogen-bond donors (Lipinski definition) is 1. The van der Waals surface area contributed by atoms with Crippen LogP contribution in [0.15, 0.2) is 47.4 Å². The minimum absolute atomic E-state index is 0.162. The van der Waals surface area contributed by atoms with Crippen LogP contribution in [0.25, 0.3) is 10.2 Å². The molecule has 0 saturated carbocycles. The van der Waals surface area contributed by atoms with Gasteiger partial charge in [-0.25, -0.2) is 13.4 Å². The molecule has 0 aliphatic carbocycles. The molecule has 2 heterocycles. The summed E-state index contributed by atoms with van der Waals surface area (Å²) in [5, 5.41) is 3.30. The number of nitrogens with zero attached hydrogens (tertiary/aromatic N) is 2. The largest absolute Gasteiger partial charge is 0.298 e. The fraction of sp³-hybridized carbons (Fsp3) is 0.300. The zero-order valence-electron chi connectivity index (χ0n) is 15.5. The van der Waals surface area contributed by atoms with Gasteiger partial charge in [-0.1, -0.05) is 36.0 Å². The van der Waals surface area contributed by atoms with Gasteiger partial charge in [0.2, 0.25) is 10.0 Å². The Bertz CT molecular complexity index is 1100. The first-order valence-electron chi connectivity index (χ1n) is 9.23. The Labute approximate surface area is 168 Å². The first-order chi connectivity index (χ1) is 13.4. The second-order valence-electron chi connectivity index (χ2n) is 6.88. The zero-order chi connectivity index (χ0) is 19.7. The molecule has 146 valence electrons. The molecular formula is C20H21N3O3S2. The van der Waals surface area contributed by atoms with E-state index in [0.29, 0.717) is 23.8 Å². The minimum atomic E-state index is -3.59. The molecule has 1 amide bonds. The standard InChI is InChI=1S/C20H21N3O3S2/c1-14-9-10-15(28(25,26)23-11-5-2-6-12-23)13-16(14)19(24)22-20-21-17-7-3-4-8-18(17)27-20/h3-4,7-10,13H,2,5-6,11-12H2,1H3,(H,21,22,24). The van der Waals surface area contributed by atoms with Crippen molar-refractivity contribution in [3.8, 4) is 0 Å². The van der Waals surface area contributed by atoms with Gasteiger partial charge in [-0.3, -0.25) is 10.1 Å². The second-order valence-corrected chi connectivity index (χ2v) is 9.85. The highest BCUT2D eigenvalue weighted by atomic mass is 32.2. The number of piperidine rings is 1. The highest BCUT2D eigenvalue weighted by Gasteiger charge is 2.27. The van der Waals surface area contributed by atoms with E-state index in [1.54, 1.807) is 19.1 Å². The van der Waals surface area contributed by atoms with Crippen molar-refractivity contribution >= 4 is 42.6 Å². The van der Waals surface area contributed by atoms with Crippen LogP contribution in [0.3, 0.4) is 0 Å². The molecule has 1 fully saturated rings. The molecule has 1 aliphatic heterocycles. The molecule has 1 aromatic heterocycles. The average Bonchev–Trinajstić information content (AvgIpc) is 3.11. The fourth-order valence-corrected chi connectivity index (χ4v) is 5.76. The molecule has 1 N–H and O–H groups in total. The van der Waals surface area contributed by atoms with Gasteiger partial charge in [-0.15, -0.1) is 0 Å². The number of carbonyl (C=O) groups excluding carboxylic acids is 1. The monoisotopic (exact) mass is 415 g/mol. The van der Waals surface area contributed by atoms with Crippen molar-refractivity contribution in [3.63, 3.8) is 0 Å². The maximum absolute atomic E-state index is 12.9. The third kappa shape index (κ3) is 3.67. The van der Waals surface area contributed by atoms with Crippen LogP contribution in [0.2, 0.25) is 0 Å². The lowest BCUT2D eigenvalue weighted by molar-refractivity contribution is 0.102. The quantitative estimate of drug-likeness (QED) is 0.698. The van der Waals surface area contributed by atoms with Crippen molar-refractivity contribution in [2.45, 2.75) is 31.1 Å². The van der Waals surface area contributed by atoms with Gasteiger partial charge in [0.25, 0.3) is 5.91 Å². The van der Waals surface area contributed by atoms with Crippen molar-refractivity contribution in [1.29, 1.82) is 0 Å². The molecule has 0 spiro atoms. The summed E-state index contributed by atoms with van der Waals surface area (Å²) >= 11 is 1.39. The van der Waals surface area contributed by atoms with E-state index in [9.17, 15) is 13.2 Å². The van der Waals surface area contributed by atoms with E-state index in [1.807, 2.05) is 24.3 Å². The van der Waals surface area contributed by atoms with Gasteiger partial charge in [0.15, 0.2) is 5.13 Å². The van der Waals surface area contributed by atoms with Gasteiger partial charge < -0.3 is 0 Å². The van der Waals surface area contributed by atoms with Gasteiger partial charge >= 0.3 is 0 Å². The summed E-state index contributed by atoms with van der Waals surface area (Å²) in [4.78, 5) is 17.4. The Morgan fingerprint density at radius 3 is 2.61 bits per heavy atom. The lowest BCUT2D eigenvalue weighted by Gasteiger charge is -2.26. The van der Waals surface area contributed by atoms with Gasteiger partial charge in [0, 0.05) is 18.7 Å². The molecule has 0 unspecified atom stereocenters. The highest BCUT2D eigenvalue weighted by molar-refractivity contribution is 7.89. The van der Waals surface area contributed by atoms with E-state index in [-0.39, 0.29) is 10.8 Å². The molecule has 0 radical (unpaired) electrons. The molecule has 0 bridgehead atoms. The van der Waals surface area contributed by atoms with Gasteiger partial charge in [0.1, 0.15) is 0 Å². The van der Waals surface area contributed by atoms with E-state index in [4.69, 9.17) is 0 Å². The van der Waals surface area contributed by atoms with Crippen LogP contribution in [0, 0.1) is 6.92 Å². The summed E-state index contributed by atoms with van der Waals surface area (Å²) in [6.07, 6.45) is 2.79. The smallest absolute Gasteiger partial charge is 0.257 e. The molecule has 8 heteroatoms. The number of nitrogens with one attached hydrogen (secondary N) is 1. The van der Waals surface area contributed by atoms with E-state index in [0.717, 1.165) is 35.0 Å². The molecule has 28 heavy (non-hydrogen) atoms. The number of carbonyl (C=O) groups is 1. The zero-order valence-corrected chi connectivity index (χ0v) is 17.1. The molecule has 1 aliphatic rings. The predicted molar refractivity (Wildman–Crippen MR) is 111 cm³/mol. The number of hydrogen-bond acceptors (Lipinski definition) is 5. The van der Waals surface area contributed by atoms with Crippen molar-refractivity contribution in [3.05, 3.63) is 53.6 Å². The lowest BCUT2D eigenvalue weighted by atomic mass is 10.1. The number of aromatic nitrogens is 1. The van der Waals surface area contributed by atoms with Crippen molar-refractivity contribution in [2.75, 3.05) is 18.4 Å².